The number of hydrogen-bond acceptors (Lipinski definition) is 7. The lowest BCUT2D eigenvalue weighted by molar-refractivity contribution is 0.212. The van der Waals surface area contributed by atoms with E-state index >= 15 is 0 Å². The minimum absolute atomic E-state index is 0.0191. The Morgan fingerprint density at radius 2 is 1.37 bits per heavy atom. The summed E-state index contributed by atoms with van der Waals surface area (Å²) in [5, 5.41) is 8.78. The highest BCUT2D eigenvalue weighted by molar-refractivity contribution is 6.03. The van der Waals surface area contributed by atoms with E-state index in [1.54, 1.807) is 20.3 Å². The quantitative estimate of drug-likeness (QED) is 0.198. The largest absolute Gasteiger partial charge is 0.493 e. The van der Waals surface area contributed by atoms with E-state index in [-0.39, 0.29) is 17.5 Å². The van der Waals surface area contributed by atoms with Gasteiger partial charge in [-0.15, -0.1) is 0 Å². The van der Waals surface area contributed by atoms with E-state index in [1.165, 1.54) is 7.11 Å². The average Bonchev–Trinajstić information content (AvgIpc) is 3.05. The highest BCUT2D eigenvalue weighted by atomic mass is 16.6. The fourth-order valence-electron chi connectivity index (χ4n) is 6.34. The molecule has 1 aliphatic carbocycles. The van der Waals surface area contributed by atoms with E-state index in [2.05, 4.69) is 27.9 Å². The zero-order valence-electron chi connectivity index (χ0n) is 26.9. The zero-order chi connectivity index (χ0) is 32.5. The third-order valence-electron chi connectivity index (χ3n) is 8.67. The van der Waals surface area contributed by atoms with Crippen LogP contribution < -0.4 is 34.9 Å². The van der Waals surface area contributed by atoms with Gasteiger partial charge < -0.3 is 29.6 Å². The summed E-state index contributed by atoms with van der Waals surface area (Å²) < 4.78 is 23.8. The molecule has 0 radical (unpaired) electrons. The molecule has 0 saturated carbocycles. The van der Waals surface area contributed by atoms with Gasteiger partial charge in [0.1, 0.15) is 0 Å². The number of carbonyl (C=O) groups excluding carboxylic acids is 2. The van der Waals surface area contributed by atoms with Crippen molar-refractivity contribution in [2.45, 2.75) is 32.7 Å². The molecule has 4 aromatic rings. The van der Waals surface area contributed by atoms with Crippen molar-refractivity contribution < 1.29 is 28.5 Å². The summed E-state index contributed by atoms with van der Waals surface area (Å²) in [4.78, 5) is 29.1. The molecule has 46 heavy (non-hydrogen) atoms. The molecule has 1 heterocycles. The zero-order valence-corrected chi connectivity index (χ0v) is 26.9. The summed E-state index contributed by atoms with van der Waals surface area (Å²) in [6, 6.07) is 18.3. The van der Waals surface area contributed by atoms with Crippen LogP contribution in [0, 0.1) is 13.8 Å². The van der Waals surface area contributed by atoms with E-state index in [0.29, 0.717) is 40.5 Å². The molecule has 10 nitrogen and oxygen atoms in total. The summed E-state index contributed by atoms with van der Waals surface area (Å²) in [5.41, 5.74) is 8.26. The lowest BCUT2D eigenvalue weighted by Gasteiger charge is -2.41. The summed E-state index contributed by atoms with van der Waals surface area (Å²) in [6.45, 7) is 4.81. The lowest BCUT2D eigenvalue weighted by Crippen LogP contribution is -2.36. The van der Waals surface area contributed by atoms with E-state index in [0.717, 1.165) is 46.3 Å². The first kappa shape index (κ1) is 30.8. The fourth-order valence-corrected chi connectivity index (χ4v) is 6.34. The molecule has 2 aliphatic rings. The minimum Gasteiger partial charge on any atom is -0.493 e. The summed E-state index contributed by atoms with van der Waals surface area (Å²) >= 11 is 0. The molecule has 4 aromatic carbocycles. The number of benzene rings is 4. The maximum atomic E-state index is 13.4. The van der Waals surface area contributed by atoms with Gasteiger partial charge in [0, 0.05) is 41.2 Å². The van der Waals surface area contributed by atoms with Crippen LogP contribution >= 0.6 is 0 Å². The van der Waals surface area contributed by atoms with Crippen molar-refractivity contribution in [2.75, 3.05) is 50.9 Å². The molecule has 6 rings (SSSR count). The Morgan fingerprint density at radius 3 is 1.98 bits per heavy atom. The Morgan fingerprint density at radius 1 is 0.761 bits per heavy atom. The third kappa shape index (κ3) is 5.79. The molecule has 10 heteroatoms. The van der Waals surface area contributed by atoms with Crippen LogP contribution in [0.1, 0.15) is 33.9 Å². The van der Waals surface area contributed by atoms with E-state index in [9.17, 15) is 9.59 Å². The molecule has 0 saturated heterocycles. The van der Waals surface area contributed by atoms with Gasteiger partial charge in [0.2, 0.25) is 0 Å². The molecule has 0 bridgehead atoms. The monoisotopic (exact) mass is 622 g/mol. The Balaban J connectivity index is 1.52. The molecule has 1 atom stereocenters. The molecular formula is C36H38N4O6. The van der Waals surface area contributed by atoms with Crippen LogP contribution in [0.15, 0.2) is 60.7 Å². The number of methoxy groups -OCH3 is 3. The minimum atomic E-state index is -0.683. The normalized spacial score (nSPS) is 14.8. The predicted octanol–water partition coefficient (Wildman–Crippen LogP) is 7.34. The number of nitrogens with zero attached hydrogens (tertiary/aromatic N) is 1. The van der Waals surface area contributed by atoms with Gasteiger partial charge in [0.15, 0.2) is 23.0 Å². The van der Waals surface area contributed by atoms with Crippen molar-refractivity contribution in [1.29, 1.82) is 0 Å². The topological polar surface area (TPSA) is 110 Å². The van der Waals surface area contributed by atoms with Crippen molar-refractivity contribution in [1.82, 2.24) is 4.90 Å². The maximum Gasteiger partial charge on any atom is 0.417 e. The number of anilines is 3. The maximum absolute atomic E-state index is 13.4. The SMILES string of the molecule is COc1cc(NC(=O)Nc2ccc(C)cc2)c2c(c1OC(=O)Nc1ccc(C)cc1)-c1c(OC)c(OC)cc3c1[C@H](C2)N(C)CC3. The van der Waals surface area contributed by atoms with Crippen LogP contribution in [0.3, 0.4) is 0 Å². The second-order valence-electron chi connectivity index (χ2n) is 11.6. The lowest BCUT2D eigenvalue weighted by atomic mass is 9.75. The van der Waals surface area contributed by atoms with E-state index in [4.69, 9.17) is 18.9 Å². The Labute approximate surface area is 268 Å². The number of likely N-dealkylation sites (N-methyl/N-ethyl adjacent to an activating group) is 1. The number of urea groups is 1. The van der Waals surface area contributed by atoms with Gasteiger partial charge in [0.05, 0.1) is 27.0 Å². The number of amides is 3. The molecule has 0 spiro atoms. The number of rotatable bonds is 7. The Hall–Kier alpha value is -5.22. The van der Waals surface area contributed by atoms with Crippen molar-refractivity contribution >= 4 is 29.2 Å². The number of carbonyl (C=O) groups is 2. The molecule has 3 N–H and O–H groups in total. The van der Waals surface area contributed by atoms with Gasteiger partial charge in [-0.05, 0) is 80.8 Å². The molecular weight excluding hydrogens is 584 g/mol. The van der Waals surface area contributed by atoms with Gasteiger partial charge in [-0.3, -0.25) is 10.2 Å². The molecule has 238 valence electrons. The summed E-state index contributed by atoms with van der Waals surface area (Å²) in [7, 11) is 6.79. The van der Waals surface area contributed by atoms with Gasteiger partial charge in [0.25, 0.3) is 0 Å². The van der Waals surface area contributed by atoms with Gasteiger partial charge >= 0.3 is 12.1 Å². The number of hydrogen-bond donors (Lipinski definition) is 3. The first-order valence-corrected chi connectivity index (χ1v) is 15.1. The smallest absolute Gasteiger partial charge is 0.417 e. The van der Waals surface area contributed by atoms with Gasteiger partial charge in [-0.2, -0.15) is 0 Å². The standard InChI is InChI=1S/C36H38N4O6/c1-20-7-11-23(12-8-20)37-35(41)39-26-19-29(44-5)34(46-36(42)38-24-13-9-21(2)10-14-24)31-25(26)18-27-30-22(15-16-40(27)3)17-28(43-4)33(45-6)32(30)31/h7-14,17,19,27H,15-16,18H2,1-6H3,(H,38,42)(H2,37,39,41)/t27-/m0/s1. The van der Waals surface area contributed by atoms with Crippen LogP contribution in [0.4, 0.5) is 26.7 Å². The van der Waals surface area contributed by atoms with Crippen molar-refractivity contribution in [3.63, 3.8) is 0 Å². The molecule has 0 unspecified atom stereocenters. The summed E-state index contributed by atoms with van der Waals surface area (Å²) in [5.74, 6) is 1.56. The Kier molecular flexibility index (Phi) is 8.46. The number of ether oxygens (including phenoxy) is 4. The van der Waals surface area contributed by atoms with Gasteiger partial charge in [-0.1, -0.05) is 35.4 Å². The van der Waals surface area contributed by atoms with E-state index in [1.807, 2.05) is 68.4 Å². The highest BCUT2D eigenvalue weighted by Crippen LogP contribution is 2.58. The second kappa shape index (κ2) is 12.6. The van der Waals surface area contributed by atoms with Crippen LogP contribution in [0.5, 0.6) is 23.0 Å². The van der Waals surface area contributed by atoms with Crippen molar-refractivity contribution in [2.24, 2.45) is 0 Å². The molecule has 1 aliphatic heterocycles. The average molecular weight is 623 g/mol. The second-order valence-corrected chi connectivity index (χ2v) is 11.6. The van der Waals surface area contributed by atoms with Crippen LogP contribution in [0.2, 0.25) is 0 Å². The first-order chi connectivity index (χ1) is 22.2. The van der Waals surface area contributed by atoms with Gasteiger partial charge in [-0.25, -0.2) is 9.59 Å². The number of aryl methyl sites for hydroxylation is 2. The van der Waals surface area contributed by atoms with Crippen LogP contribution in [-0.4, -0.2) is 51.9 Å². The van der Waals surface area contributed by atoms with Crippen LogP contribution in [-0.2, 0) is 12.8 Å². The van der Waals surface area contributed by atoms with Crippen molar-refractivity contribution in [3.8, 4) is 34.1 Å². The van der Waals surface area contributed by atoms with Crippen molar-refractivity contribution in [3.05, 3.63) is 88.5 Å². The third-order valence-corrected chi connectivity index (χ3v) is 8.67. The highest BCUT2D eigenvalue weighted by Gasteiger charge is 2.40. The molecule has 0 fully saturated rings. The number of nitrogens with one attached hydrogen (secondary N) is 3. The summed E-state index contributed by atoms with van der Waals surface area (Å²) in [6.07, 6.45) is 0.669. The number of fused-ring (bicyclic) bond motifs is 2. The van der Waals surface area contributed by atoms with E-state index < -0.39 is 12.1 Å². The first-order valence-electron chi connectivity index (χ1n) is 15.1. The molecule has 3 amide bonds. The molecule has 0 aromatic heterocycles. The predicted molar refractivity (Wildman–Crippen MR) is 179 cm³/mol. The van der Waals surface area contributed by atoms with Crippen LogP contribution in [0.25, 0.3) is 11.1 Å². The Bertz CT molecular complexity index is 1800. The fraction of sp³-hybridized carbons (Fsp3) is 0.278.